The van der Waals surface area contributed by atoms with Crippen LogP contribution in [0.2, 0.25) is 0 Å². The van der Waals surface area contributed by atoms with Crippen LogP contribution >= 0.6 is 0 Å². The molecular formula is C16H21N5O3. The van der Waals surface area contributed by atoms with Gasteiger partial charge in [-0.15, -0.1) is 0 Å². The number of nitrogens with one attached hydrogen (secondary N) is 1. The second-order valence-corrected chi connectivity index (χ2v) is 5.81. The first-order valence-electron chi connectivity index (χ1n) is 8.00. The van der Waals surface area contributed by atoms with E-state index in [2.05, 4.69) is 25.3 Å². The lowest BCUT2D eigenvalue weighted by atomic mass is 10.2. The summed E-state index contributed by atoms with van der Waals surface area (Å²) in [4.78, 5) is 22.4. The Hall–Kier alpha value is -2.32. The number of hydrogen-bond acceptors (Lipinski definition) is 7. The third kappa shape index (κ3) is 4.59. The quantitative estimate of drug-likeness (QED) is 0.824. The van der Waals surface area contributed by atoms with Crippen LogP contribution in [0.3, 0.4) is 0 Å². The van der Waals surface area contributed by atoms with Crippen LogP contribution in [-0.4, -0.2) is 65.3 Å². The van der Waals surface area contributed by atoms with E-state index in [-0.39, 0.29) is 12.0 Å². The van der Waals surface area contributed by atoms with Gasteiger partial charge in [0.25, 0.3) is 0 Å². The Bertz CT molecular complexity index is 661. The van der Waals surface area contributed by atoms with Crippen LogP contribution in [0.4, 0.5) is 0 Å². The maximum absolute atomic E-state index is 11.9. The highest BCUT2D eigenvalue weighted by Crippen LogP contribution is 2.14. The third-order valence-corrected chi connectivity index (χ3v) is 3.82. The summed E-state index contributed by atoms with van der Waals surface area (Å²) in [5, 5.41) is 6.80. The highest BCUT2D eigenvalue weighted by molar-refractivity contribution is 5.76. The minimum absolute atomic E-state index is 0.0482. The lowest BCUT2D eigenvalue weighted by Gasteiger charge is -2.30. The van der Waals surface area contributed by atoms with Gasteiger partial charge in [-0.25, -0.2) is 0 Å². The molecule has 2 aromatic heterocycles. The van der Waals surface area contributed by atoms with Crippen molar-refractivity contribution in [2.24, 2.45) is 0 Å². The molecule has 0 spiro atoms. The normalized spacial score (nSPS) is 18.5. The molecule has 8 heteroatoms. The molecule has 1 aliphatic rings. The van der Waals surface area contributed by atoms with Crippen molar-refractivity contribution in [1.29, 1.82) is 0 Å². The fourth-order valence-corrected chi connectivity index (χ4v) is 2.50. The van der Waals surface area contributed by atoms with Crippen molar-refractivity contribution in [2.75, 3.05) is 33.3 Å². The lowest BCUT2D eigenvalue weighted by molar-refractivity contribution is -0.122. The van der Waals surface area contributed by atoms with Crippen LogP contribution in [0, 0.1) is 0 Å². The molecule has 1 aliphatic heterocycles. The van der Waals surface area contributed by atoms with Gasteiger partial charge in [0.1, 0.15) is 0 Å². The number of aryl methyl sites for hydroxylation is 1. The Labute approximate surface area is 140 Å². The van der Waals surface area contributed by atoms with E-state index < -0.39 is 0 Å². The fourth-order valence-electron chi connectivity index (χ4n) is 2.50. The first-order valence-corrected chi connectivity index (χ1v) is 8.00. The van der Waals surface area contributed by atoms with Gasteiger partial charge in [0, 0.05) is 50.4 Å². The summed E-state index contributed by atoms with van der Waals surface area (Å²) < 4.78 is 10.8. The Morgan fingerprint density at radius 1 is 1.50 bits per heavy atom. The number of rotatable bonds is 6. The Kier molecular flexibility index (Phi) is 5.50. The van der Waals surface area contributed by atoms with Gasteiger partial charge in [0.05, 0.1) is 12.7 Å². The summed E-state index contributed by atoms with van der Waals surface area (Å²) in [6.07, 6.45) is 4.11. The Balaban J connectivity index is 1.42. The highest BCUT2D eigenvalue weighted by Gasteiger charge is 2.18. The van der Waals surface area contributed by atoms with Gasteiger partial charge in [-0.05, 0) is 19.2 Å². The van der Waals surface area contributed by atoms with E-state index in [1.54, 1.807) is 12.4 Å². The maximum Gasteiger partial charge on any atom is 0.227 e. The van der Waals surface area contributed by atoms with Crippen molar-refractivity contribution < 1.29 is 14.1 Å². The largest absolute Gasteiger partial charge is 0.374 e. The monoisotopic (exact) mass is 331 g/mol. The molecule has 0 aliphatic carbocycles. The molecule has 0 saturated carbocycles. The van der Waals surface area contributed by atoms with Gasteiger partial charge < -0.3 is 19.5 Å². The maximum atomic E-state index is 11.9. The van der Waals surface area contributed by atoms with E-state index in [4.69, 9.17) is 9.26 Å². The van der Waals surface area contributed by atoms with Gasteiger partial charge >= 0.3 is 0 Å². The Morgan fingerprint density at radius 2 is 2.42 bits per heavy atom. The van der Waals surface area contributed by atoms with Gasteiger partial charge in [-0.3, -0.25) is 9.78 Å². The van der Waals surface area contributed by atoms with E-state index in [1.165, 1.54) is 0 Å². The molecule has 3 rings (SSSR count). The predicted octanol–water partition coefficient (Wildman–Crippen LogP) is 0.511. The van der Waals surface area contributed by atoms with E-state index in [0.29, 0.717) is 37.7 Å². The molecule has 128 valence electrons. The fraction of sp³-hybridized carbons (Fsp3) is 0.500. The number of morpholine rings is 1. The molecular weight excluding hydrogens is 310 g/mol. The van der Waals surface area contributed by atoms with Gasteiger partial charge in [-0.2, -0.15) is 4.98 Å². The smallest absolute Gasteiger partial charge is 0.227 e. The van der Waals surface area contributed by atoms with Gasteiger partial charge in [0.15, 0.2) is 0 Å². The second kappa shape index (κ2) is 7.98. The molecule has 8 nitrogen and oxygen atoms in total. The minimum Gasteiger partial charge on any atom is -0.374 e. The zero-order valence-corrected chi connectivity index (χ0v) is 13.6. The van der Waals surface area contributed by atoms with Crippen LogP contribution in [-0.2, 0) is 16.0 Å². The average molecular weight is 331 g/mol. The molecule has 1 fully saturated rings. The zero-order valence-electron chi connectivity index (χ0n) is 13.6. The molecule has 1 N–H and O–H groups in total. The van der Waals surface area contributed by atoms with Gasteiger partial charge in [-0.1, -0.05) is 5.16 Å². The van der Waals surface area contributed by atoms with Crippen molar-refractivity contribution in [3.8, 4) is 11.4 Å². The minimum atomic E-state index is -0.0482. The summed E-state index contributed by atoms with van der Waals surface area (Å²) in [7, 11) is 2.05. The standard InChI is InChI=1S/C16H21N5O3/c1-21-7-8-23-13(11-21)10-18-14(22)4-5-15-19-16(20-24-15)12-3-2-6-17-9-12/h2-3,6,9,13H,4-5,7-8,10-11H2,1H3,(H,18,22). The van der Waals surface area contributed by atoms with Crippen molar-refractivity contribution in [3.63, 3.8) is 0 Å². The van der Waals surface area contributed by atoms with Crippen molar-refractivity contribution in [2.45, 2.75) is 18.9 Å². The van der Waals surface area contributed by atoms with E-state index >= 15 is 0 Å². The number of likely N-dealkylation sites (N-methyl/N-ethyl adjacent to an activating group) is 1. The topological polar surface area (TPSA) is 93.4 Å². The second-order valence-electron chi connectivity index (χ2n) is 5.81. The van der Waals surface area contributed by atoms with Crippen LogP contribution < -0.4 is 5.32 Å². The Morgan fingerprint density at radius 3 is 3.21 bits per heavy atom. The highest BCUT2D eigenvalue weighted by atomic mass is 16.5. The SMILES string of the molecule is CN1CCOC(CNC(=O)CCc2nc(-c3cccnc3)no2)C1. The molecule has 2 aromatic rings. The molecule has 1 amide bonds. The third-order valence-electron chi connectivity index (χ3n) is 3.82. The molecule has 0 aromatic carbocycles. The molecule has 1 unspecified atom stereocenters. The summed E-state index contributed by atoms with van der Waals surface area (Å²) in [5.74, 6) is 0.878. The molecule has 24 heavy (non-hydrogen) atoms. The summed E-state index contributed by atoms with van der Waals surface area (Å²) in [6, 6.07) is 3.67. The van der Waals surface area contributed by atoms with Crippen molar-refractivity contribution >= 4 is 5.91 Å². The van der Waals surface area contributed by atoms with Crippen LogP contribution in [0.25, 0.3) is 11.4 Å². The number of amides is 1. The number of hydrogen-bond donors (Lipinski definition) is 1. The number of ether oxygens (including phenoxy) is 1. The van der Waals surface area contributed by atoms with Gasteiger partial charge in [0.2, 0.25) is 17.6 Å². The first kappa shape index (κ1) is 16.5. The van der Waals surface area contributed by atoms with Crippen LogP contribution in [0.5, 0.6) is 0 Å². The number of pyridine rings is 1. The van der Waals surface area contributed by atoms with E-state index in [1.807, 2.05) is 19.2 Å². The van der Waals surface area contributed by atoms with Crippen LogP contribution in [0.15, 0.2) is 29.0 Å². The zero-order chi connectivity index (χ0) is 16.8. The number of carbonyl (C=O) groups excluding carboxylic acids is 1. The molecule has 1 saturated heterocycles. The summed E-state index contributed by atoms with van der Waals surface area (Å²) in [5.41, 5.74) is 0.788. The van der Waals surface area contributed by atoms with E-state index in [0.717, 1.165) is 18.7 Å². The molecule has 0 bridgehead atoms. The predicted molar refractivity (Wildman–Crippen MR) is 86.1 cm³/mol. The first-order chi connectivity index (χ1) is 11.7. The number of aromatic nitrogens is 3. The molecule has 0 radical (unpaired) electrons. The lowest BCUT2D eigenvalue weighted by Crippen LogP contribution is -2.45. The summed E-state index contributed by atoms with van der Waals surface area (Å²) in [6.45, 7) is 2.99. The van der Waals surface area contributed by atoms with Crippen LogP contribution in [0.1, 0.15) is 12.3 Å². The van der Waals surface area contributed by atoms with E-state index in [9.17, 15) is 4.79 Å². The number of nitrogens with zero attached hydrogens (tertiary/aromatic N) is 4. The average Bonchev–Trinajstić information content (AvgIpc) is 3.08. The molecule has 3 heterocycles. The van der Waals surface area contributed by atoms with Crippen molar-refractivity contribution in [3.05, 3.63) is 30.4 Å². The van der Waals surface area contributed by atoms with Crippen molar-refractivity contribution in [1.82, 2.24) is 25.3 Å². The molecule has 1 atom stereocenters. The number of carbonyl (C=O) groups is 1. The summed E-state index contributed by atoms with van der Waals surface area (Å²) >= 11 is 0.